The lowest BCUT2D eigenvalue weighted by atomic mass is 10.0. The van der Waals surface area contributed by atoms with Gasteiger partial charge in [0.2, 0.25) is 0 Å². The minimum absolute atomic E-state index is 0.0411. The molecule has 0 atom stereocenters. The summed E-state index contributed by atoms with van der Waals surface area (Å²) in [6.07, 6.45) is 0. The van der Waals surface area contributed by atoms with E-state index in [4.69, 9.17) is 5.11 Å². The van der Waals surface area contributed by atoms with Gasteiger partial charge in [-0.15, -0.1) is 0 Å². The summed E-state index contributed by atoms with van der Waals surface area (Å²) in [5, 5.41) is 8.86. The van der Waals surface area contributed by atoms with Crippen LogP contribution in [0.2, 0.25) is 0 Å². The molecular weight excluding hydrogens is 219 g/mol. The van der Waals surface area contributed by atoms with Crippen molar-refractivity contribution in [2.75, 3.05) is 0 Å². The lowest BCUT2D eigenvalue weighted by Gasteiger charge is -2.04. The Morgan fingerprint density at radius 1 is 1.06 bits per heavy atom. The fraction of sp³-hybridized carbons (Fsp3) is 0.0714. The van der Waals surface area contributed by atoms with E-state index in [0.29, 0.717) is 5.56 Å². The molecule has 3 heteroatoms. The molecule has 0 amide bonds. The molecule has 0 fully saturated rings. The van der Waals surface area contributed by atoms with Gasteiger partial charge in [0, 0.05) is 0 Å². The lowest BCUT2D eigenvalue weighted by molar-refractivity contribution is 0.0696. The zero-order valence-corrected chi connectivity index (χ0v) is 9.27. The first-order valence-corrected chi connectivity index (χ1v) is 5.17. The van der Waals surface area contributed by atoms with Crippen LogP contribution in [0.15, 0.2) is 42.5 Å². The van der Waals surface area contributed by atoms with E-state index in [2.05, 4.69) is 0 Å². The highest BCUT2D eigenvalue weighted by molar-refractivity contribution is 5.89. The summed E-state index contributed by atoms with van der Waals surface area (Å²) in [4.78, 5) is 10.8. The Bertz CT molecular complexity index is 559. The summed E-state index contributed by atoms with van der Waals surface area (Å²) in [7, 11) is 0. The smallest absolute Gasteiger partial charge is 0.335 e. The largest absolute Gasteiger partial charge is 0.478 e. The second kappa shape index (κ2) is 4.37. The average Bonchev–Trinajstić information content (AvgIpc) is 2.29. The maximum Gasteiger partial charge on any atom is 0.335 e. The molecule has 2 aromatic rings. The highest BCUT2D eigenvalue weighted by atomic mass is 19.1. The fourth-order valence-corrected chi connectivity index (χ4v) is 1.63. The van der Waals surface area contributed by atoms with E-state index < -0.39 is 11.8 Å². The highest BCUT2D eigenvalue weighted by Crippen LogP contribution is 2.22. The normalized spacial score (nSPS) is 10.2. The van der Waals surface area contributed by atoms with Crippen molar-refractivity contribution < 1.29 is 14.3 Å². The van der Waals surface area contributed by atoms with Crippen LogP contribution in [-0.4, -0.2) is 11.1 Å². The van der Waals surface area contributed by atoms with Gasteiger partial charge in [-0.1, -0.05) is 29.8 Å². The number of hydrogen-bond acceptors (Lipinski definition) is 1. The molecule has 0 saturated carbocycles. The Balaban J connectivity index is 2.51. The third-order valence-electron chi connectivity index (χ3n) is 2.53. The second-order valence-corrected chi connectivity index (χ2v) is 3.90. The Hall–Kier alpha value is -2.16. The Morgan fingerprint density at radius 3 is 2.29 bits per heavy atom. The molecule has 0 aliphatic heterocycles. The van der Waals surface area contributed by atoms with Gasteiger partial charge in [-0.3, -0.25) is 0 Å². The monoisotopic (exact) mass is 230 g/mol. The van der Waals surface area contributed by atoms with Crippen molar-refractivity contribution in [1.29, 1.82) is 0 Å². The second-order valence-electron chi connectivity index (χ2n) is 3.90. The average molecular weight is 230 g/mol. The molecule has 17 heavy (non-hydrogen) atoms. The predicted octanol–water partition coefficient (Wildman–Crippen LogP) is 3.50. The number of carboxylic acids is 1. The molecular formula is C14H11FO2. The Kier molecular flexibility index (Phi) is 2.91. The van der Waals surface area contributed by atoms with Gasteiger partial charge in [0.05, 0.1) is 5.56 Å². The molecule has 1 N–H and O–H groups in total. The van der Waals surface area contributed by atoms with Crippen LogP contribution >= 0.6 is 0 Å². The van der Waals surface area contributed by atoms with Crippen LogP contribution in [0.4, 0.5) is 4.39 Å². The van der Waals surface area contributed by atoms with Gasteiger partial charge >= 0.3 is 5.97 Å². The van der Waals surface area contributed by atoms with Gasteiger partial charge < -0.3 is 5.11 Å². The minimum atomic E-state index is -1.13. The number of aromatic carboxylic acids is 1. The minimum Gasteiger partial charge on any atom is -0.478 e. The number of carboxylic acid groups (broad SMARTS) is 1. The van der Waals surface area contributed by atoms with Gasteiger partial charge in [-0.05, 0) is 36.2 Å². The third-order valence-corrected chi connectivity index (χ3v) is 2.53. The fourth-order valence-electron chi connectivity index (χ4n) is 1.63. The summed E-state index contributed by atoms with van der Waals surface area (Å²) < 4.78 is 13.3. The van der Waals surface area contributed by atoms with Crippen molar-refractivity contribution in [3.8, 4) is 11.1 Å². The molecule has 0 bridgehead atoms. The summed E-state index contributed by atoms with van der Waals surface area (Å²) in [6.45, 7) is 1.96. The van der Waals surface area contributed by atoms with Crippen molar-refractivity contribution >= 4 is 5.97 Å². The highest BCUT2D eigenvalue weighted by Gasteiger charge is 2.08. The van der Waals surface area contributed by atoms with Gasteiger partial charge in [-0.25, -0.2) is 9.18 Å². The Labute approximate surface area is 98.3 Å². The molecule has 0 aliphatic carbocycles. The zero-order chi connectivity index (χ0) is 12.4. The van der Waals surface area contributed by atoms with Gasteiger partial charge in [0.1, 0.15) is 5.82 Å². The van der Waals surface area contributed by atoms with Gasteiger partial charge in [0.25, 0.3) is 0 Å². The third kappa shape index (κ3) is 2.50. The molecule has 0 aromatic heterocycles. The topological polar surface area (TPSA) is 37.3 Å². The van der Waals surface area contributed by atoms with Crippen LogP contribution in [0, 0.1) is 12.7 Å². The number of rotatable bonds is 2. The molecule has 2 rings (SSSR count). The van der Waals surface area contributed by atoms with Crippen LogP contribution < -0.4 is 0 Å². The van der Waals surface area contributed by atoms with E-state index in [1.54, 1.807) is 0 Å². The quantitative estimate of drug-likeness (QED) is 0.857. The maximum absolute atomic E-state index is 13.3. The molecule has 0 unspecified atom stereocenters. The van der Waals surface area contributed by atoms with Gasteiger partial charge in [0.15, 0.2) is 0 Å². The van der Waals surface area contributed by atoms with Crippen molar-refractivity contribution in [2.24, 2.45) is 0 Å². The van der Waals surface area contributed by atoms with Crippen molar-refractivity contribution in [3.63, 3.8) is 0 Å². The summed E-state index contributed by atoms with van der Waals surface area (Å²) >= 11 is 0. The number of aryl methyl sites for hydroxylation is 1. The molecule has 0 heterocycles. The van der Waals surface area contributed by atoms with E-state index in [9.17, 15) is 9.18 Å². The lowest BCUT2D eigenvalue weighted by Crippen LogP contribution is -1.97. The van der Waals surface area contributed by atoms with Crippen molar-refractivity contribution in [2.45, 2.75) is 6.92 Å². The first kappa shape index (κ1) is 11.3. The molecule has 0 radical (unpaired) electrons. The van der Waals surface area contributed by atoms with E-state index in [1.165, 1.54) is 12.1 Å². The first-order chi connectivity index (χ1) is 8.06. The zero-order valence-electron chi connectivity index (χ0n) is 9.27. The standard InChI is InChI=1S/C14H11FO2/c1-9-2-4-10(5-3-9)11-6-12(14(16)17)8-13(15)7-11/h2-8H,1H3,(H,16,17). The van der Waals surface area contributed by atoms with Gasteiger partial charge in [-0.2, -0.15) is 0 Å². The number of hydrogen-bond donors (Lipinski definition) is 1. The molecule has 0 saturated heterocycles. The first-order valence-electron chi connectivity index (χ1n) is 5.17. The van der Waals surface area contributed by atoms with E-state index in [0.717, 1.165) is 17.2 Å². The molecule has 86 valence electrons. The number of halogens is 1. The van der Waals surface area contributed by atoms with Crippen LogP contribution in [0.3, 0.4) is 0 Å². The van der Waals surface area contributed by atoms with Crippen molar-refractivity contribution in [3.05, 3.63) is 59.4 Å². The summed E-state index contributed by atoms with van der Waals surface area (Å²) in [5.74, 6) is -1.67. The molecule has 2 aromatic carbocycles. The number of benzene rings is 2. The predicted molar refractivity (Wildman–Crippen MR) is 63.5 cm³/mol. The van der Waals surface area contributed by atoms with E-state index >= 15 is 0 Å². The Morgan fingerprint density at radius 2 is 1.71 bits per heavy atom. The van der Waals surface area contributed by atoms with Crippen LogP contribution in [0.5, 0.6) is 0 Å². The maximum atomic E-state index is 13.3. The SMILES string of the molecule is Cc1ccc(-c2cc(F)cc(C(=O)O)c2)cc1. The summed E-state index contributed by atoms with van der Waals surface area (Å²) in [6, 6.07) is 11.3. The van der Waals surface area contributed by atoms with Crippen molar-refractivity contribution in [1.82, 2.24) is 0 Å². The van der Waals surface area contributed by atoms with Crippen LogP contribution in [-0.2, 0) is 0 Å². The molecule has 2 nitrogen and oxygen atoms in total. The van der Waals surface area contributed by atoms with E-state index in [1.807, 2.05) is 31.2 Å². The number of carbonyl (C=O) groups is 1. The van der Waals surface area contributed by atoms with Crippen LogP contribution in [0.1, 0.15) is 15.9 Å². The van der Waals surface area contributed by atoms with E-state index in [-0.39, 0.29) is 5.56 Å². The van der Waals surface area contributed by atoms with Crippen LogP contribution in [0.25, 0.3) is 11.1 Å². The molecule has 0 spiro atoms. The summed E-state index contributed by atoms with van der Waals surface area (Å²) in [5.41, 5.74) is 2.43. The molecule has 0 aliphatic rings.